The van der Waals surface area contributed by atoms with E-state index in [4.69, 9.17) is 14.2 Å². The van der Waals surface area contributed by atoms with Gasteiger partial charge >= 0.3 is 5.97 Å². The van der Waals surface area contributed by atoms with Gasteiger partial charge in [-0.2, -0.15) is 0 Å². The number of nitrogens with one attached hydrogen (secondary N) is 1. The van der Waals surface area contributed by atoms with Crippen molar-refractivity contribution in [3.8, 4) is 17.2 Å². The molecule has 33 heavy (non-hydrogen) atoms. The molecule has 8 heteroatoms. The van der Waals surface area contributed by atoms with Crippen LogP contribution in [0.4, 0.5) is 11.5 Å². The van der Waals surface area contributed by atoms with Crippen molar-refractivity contribution in [2.75, 3.05) is 25.1 Å². The third-order valence-corrected chi connectivity index (χ3v) is 5.63. The highest BCUT2D eigenvalue weighted by Crippen LogP contribution is 2.36. The number of rotatable bonds is 5. The fraction of sp³-hybridized carbons (Fsp3) is 0.240. The van der Waals surface area contributed by atoms with Crippen LogP contribution in [0.25, 0.3) is 16.7 Å². The molecule has 0 saturated heterocycles. The summed E-state index contributed by atoms with van der Waals surface area (Å²) in [6.07, 6.45) is 0. The topological polar surface area (TPSA) is 87.5 Å². The molecule has 1 aliphatic heterocycles. The van der Waals surface area contributed by atoms with Crippen molar-refractivity contribution in [3.63, 3.8) is 0 Å². The highest BCUT2D eigenvalue weighted by atomic mass is 16.6. The molecule has 2 aromatic heterocycles. The molecule has 0 saturated carbocycles. The number of aromatic nitrogens is 3. The zero-order chi connectivity index (χ0) is 22.9. The van der Waals surface area contributed by atoms with Crippen molar-refractivity contribution in [1.29, 1.82) is 0 Å². The minimum Gasteiger partial charge on any atom is -0.486 e. The minimum absolute atomic E-state index is 0.000857. The molecule has 1 aliphatic rings. The van der Waals surface area contributed by atoms with Crippen LogP contribution < -0.4 is 14.8 Å². The Morgan fingerprint density at radius 2 is 1.82 bits per heavy atom. The van der Waals surface area contributed by atoms with Crippen molar-refractivity contribution in [2.24, 2.45) is 0 Å². The van der Waals surface area contributed by atoms with Crippen LogP contribution in [0.5, 0.6) is 11.5 Å². The Balaban J connectivity index is 1.69. The average molecular weight is 444 g/mol. The van der Waals surface area contributed by atoms with Crippen molar-refractivity contribution in [3.05, 3.63) is 65.6 Å². The van der Waals surface area contributed by atoms with Crippen LogP contribution in [0.1, 0.15) is 28.8 Å². The molecule has 0 fully saturated rings. The van der Waals surface area contributed by atoms with Gasteiger partial charge in [0.2, 0.25) is 5.82 Å². The molecule has 0 amide bonds. The highest BCUT2D eigenvalue weighted by Gasteiger charge is 2.23. The fourth-order valence-corrected chi connectivity index (χ4v) is 3.99. The van der Waals surface area contributed by atoms with Crippen molar-refractivity contribution >= 4 is 28.5 Å². The largest absolute Gasteiger partial charge is 0.486 e. The van der Waals surface area contributed by atoms with Gasteiger partial charge in [0.05, 0.1) is 12.0 Å². The molecule has 2 aromatic carbocycles. The maximum atomic E-state index is 12.6. The lowest BCUT2D eigenvalue weighted by atomic mass is 10.2. The van der Waals surface area contributed by atoms with Gasteiger partial charge in [0.25, 0.3) is 0 Å². The van der Waals surface area contributed by atoms with Crippen LogP contribution in [-0.4, -0.2) is 40.3 Å². The van der Waals surface area contributed by atoms with Crippen LogP contribution in [0.15, 0.2) is 48.5 Å². The van der Waals surface area contributed by atoms with Gasteiger partial charge in [-0.3, -0.25) is 4.57 Å². The number of carbonyl (C=O) groups excluding carboxylic acids is 1. The van der Waals surface area contributed by atoms with Crippen LogP contribution in [0.3, 0.4) is 0 Å². The van der Waals surface area contributed by atoms with E-state index in [9.17, 15) is 4.79 Å². The van der Waals surface area contributed by atoms with Gasteiger partial charge in [-0.15, -0.1) is 0 Å². The Bertz CT molecular complexity index is 1350. The van der Waals surface area contributed by atoms with Crippen molar-refractivity contribution in [2.45, 2.75) is 20.8 Å². The van der Waals surface area contributed by atoms with E-state index in [-0.39, 0.29) is 12.4 Å². The Kier molecular flexibility index (Phi) is 5.34. The second-order valence-electron chi connectivity index (χ2n) is 7.68. The third kappa shape index (κ3) is 3.73. The molecule has 4 aromatic rings. The average Bonchev–Trinajstić information content (AvgIpc) is 3.09. The molecule has 8 nitrogen and oxygen atoms in total. The normalized spacial score (nSPS) is 12.6. The summed E-state index contributed by atoms with van der Waals surface area (Å²) in [5, 5.41) is 4.19. The Labute approximate surface area is 191 Å². The first-order valence-corrected chi connectivity index (χ1v) is 10.9. The van der Waals surface area contributed by atoms with Crippen LogP contribution in [-0.2, 0) is 4.74 Å². The zero-order valence-corrected chi connectivity index (χ0v) is 18.7. The molecule has 0 atom stereocenters. The van der Waals surface area contributed by atoms with Crippen LogP contribution in [0.2, 0.25) is 0 Å². The standard InChI is InChI=1S/C25H24N4O4/c1-4-31-25(30)23-27-22(26-17-10-11-19-20(14-17)33-13-12-32-19)21-15(2)16(3)29(24(21)28-23)18-8-6-5-7-9-18/h5-11,14H,4,12-13H2,1-3H3,(H,26,27,28). The summed E-state index contributed by atoms with van der Waals surface area (Å²) in [5.74, 6) is 1.32. The minimum atomic E-state index is -0.569. The van der Waals surface area contributed by atoms with Gasteiger partial charge in [0.1, 0.15) is 19.0 Å². The van der Waals surface area contributed by atoms with Gasteiger partial charge in [-0.05, 0) is 50.6 Å². The number of hydrogen-bond acceptors (Lipinski definition) is 7. The van der Waals surface area contributed by atoms with Crippen LogP contribution >= 0.6 is 0 Å². The summed E-state index contributed by atoms with van der Waals surface area (Å²) in [6, 6.07) is 15.5. The Morgan fingerprint density at radius 3 is 2.58 bits per heavy atom. The molecular formula is C25H24N4O4. The zero-order valence-electron chi connectivity index (χ0n) is 18.7. The van der Waals surface area contributed by atoms with Crippen molar-refractivity contribution in [1.82, 2.24) is 14.5 Å². The van der Waals surface area contributed by atoms with Gasteiger partial charge < -0.3 is 19.5 Å². The number of carbonyl (C=O) groups is 1. The molecule has 0 spiro atoms. The van der Waals surface area contributed by atoms with E-state index in [2.05, 4.69) is 15.3 Å². The SMILES string of the molecule is CCOC(=O)c1nc(Nc2ccc3c(c2)OCCO3)c2c(C)c(C)n(-c3ccccc3)c2n1. The monoisotopic (exact) mass is 444 g/mol. The Morgan fingerprint density at radius 1 is 1.06 bits per heavy atom. The van der Waals surface area contributed by atoms with Gasteiger partial charge in [0.15, 0.2) is 17.1 Å². The predicted molar refractivity (Wildman–Crippen MR) is 125 cm³/mol. The van der Waals surface area contributed by atoms with E-state index >= 15 is 0 Å². The maximum absolute atomic E-state index is 12.6. The number of para-hydroxylation sites is 1. The summed E-state index contributed by atoms with van der Waals surface area (Å²) < 4.78 is 18.6. The lowest BCUT2D eigenvalue weighted by molar-refractivity contribution is 0.0512. The van der Waals surface area contributed by atoms with E-state index in [1.807, 2.05) is 66.9 Å². The number of hydrogen-bond donors (Lipinski definition) is 1. The van der Waals surface area contributed by atoms with E-state index in [0.29, 0.717) is 36.2 Å². The predicted octanol–water partition coefficient (Wildman–Crippen LogP) is 4.73. The molecule has 0 radical (unpaired) electrons. The van der Waals surface area contributed by atoms with Gasteiger partial charge in [0, 0.05) is 23.1 Å². The van der Waals surface area contributed by atoms with Crippen molar-refractivity contribution < 1.29 is 19.0 Å². The summed E-state index contributed by atoms with van der Waals surface area (Å²) in [6.45, 7) is 7.08. The molecule has 5 rings (SSSR count). The number of benzene rings is 2. The van der Waals surface area contributed by atoms with Crippen LogP contribution in [0, 0.1) is 13.8 Å². The molecule has 0 unspecified atom stereocenters. The molecule has 0 bridgehead atoms. The number of ether oxygens (including phenoxy) is 3. The lowest BCUT2D eigenvalue weighted by Gasteiger charge is -2.19. The molecular weight excluding hydrogens is 420 g/mol. The molecule has 3 heterocycles. The van der Waals surface area contributed by atoms with Gasteiger partial charge in [-0.25, -0.2) is 14.8 Å². The Hall–Kier alpha value is -4.07. The van der Waals surface area contributed by atoms with E-state index in [1.165, 1.54) is 0 Å². The number of esters is 1. The lowest BCUT2D eigenvalue weighted by Crippen LogP contribution is -2.15. The molecule has 0 aliphatic carbocycles. The first-order valence-electron chi connectivity index (χ1n) is 10.9. The summed E-state index contributed by atoms with van der Waals surface area (Å²) in [4.78, 5) is 21.8. The summed E-state index contributed by atoms with van der Waals surface area (Å²) in [5.41, 5.74) is 4.38. The number of nitrogens with zero attached hydrogens (tertiary/aromatic N) is 3. The number of anilines is 2. The summed E-state index contributed by atoms with van der Waals surface area (Å²) in [7, 11) is 0. The maximum Gasteiger partial charge on any atom is 0.376 e. The number of fused-ring (bicyclic) bond motifs is 2. The number of aryl methyl sites for hydroxylation is 1. The third-order valence-electron chi connectivity index (χ3n) is 5.63. The summed E-state index contributed by atoms with van der Waals surface area (Å²) >= 11 is 0. The fourth-order valence-electron chi connectivity index (χ4n) is 3.99. The molecule has 168 valence electrons. The second-order valence-corrected chi connectivity index (χ2v) is 7.68. The first-order chi connectivity index (χ1) is 16.1. The molecule has 1 N–H and O–H groups in total. The second kappa shape index (κ2) is 8.46. The highest BCUT2D eigenvalue weighted by molar-refractivity contribution is 5.98. The van der Waals surface area contributed by atoms with E-state index in [1.54, 1.807) is 6.92 Å². The van der Waals surface area contributed by atoms with Gasteiger partial charge in [-0.1, -0.05) is 18.2 Å². The van der Waals surface area contributed by atoms with E-state index in [0.717, 1.165) is 28.0 Å². The van der Waals surface area contributed by atoms with E-state index < -0.39 is 5.97 Å². The first kappa shape index (κ1) is 20.8. The quantitative estimate of drug-likeness (QED) is 0.445. The smallest absolute Gasteiger partial charge is 0.376 e.